The Morgan fingerprint density at radius 1 is 1.47 bits per heavy atom. The van der Waals surface area contributed by atoms with Crippen molar-refractivity contribution < 1.29 is 9.90 Å². The fourth-order valence-corrected chi connectivity index (χ4v) is 3.28. The molecule has 17 heavy (non-hydrogen) atoms. The van der Waals surface area contributed by atoms with Gasteiger partial charge in [-0.05, 0) is 37.8 Å². The molecule has 0 spiro atoms. The minimum atomic E-state index is -0.635. The molecule has 1 fully saturated rings. The molecule has 2 atom stereocenters. The van der Waals surface area contributed by atoms with Gasteiger partial charge in [-0.3, -0.25) is 4.79 Å². The van der Waals surface area contributed by atoms with Crippen LogP contribution in [0, 0.1) is 12.8 Å². The standard InChI is InChI=1S/C14H17NO2/c1-9-4-5-12-10(7-9)8-13-11(14(16)17)3-2-6-15(12)13/h4-5,7,11,13H,2-3,6,8H2,1H3,(H,16,17). The number of carboxylic acid groups (broad SMARTS) is 1. The minimum absolute atomic E-state index is 0.179. The van der Waals surface area contributed by atoms with Crippen molar-refractivity contribution in [1.29, 1.82) is 0 Å². The van der Waals surface area contributed by atoms with Crippen molar-refractivity contribution in [2.24, 2.45) is 5.92 Å². The van der Waals surface area contributed by atoms with Gasteiger partial charge in [-0.1, -0.05) is 17.7 Å². The average Bonchev–Trinajstić information content (AvgIpc) is 2.65. The molecule has 2 aliphatic rings. The maximum Gasteiger partial charge on any atom is 0.308 e. The molecular formula is C14H17NO2. The number of fused-ring (bicyclic) bond motifs is 3. The first-order valence-electron chi connectivity index (χ1n) is 6.26. The first kappa shape index (κ1) is 10.6. The van der Waals surface area contributed by atoms with Gasteiger partial charge in [-0.2, -0.15) is 0 Å². The summed E-state index contributed by atoms with van der Waals surface area (Å²) in [5, 5.41) is 9.29. The van der Waals surface area contributed by atoms with Crippen molar-refractivity contribution >= 4 is 11.7 Å². The van der Waals surface area contributed by atoms with E-state index < -0.39 is 5.97 Å². The molecule has 1 aromatic carbocycles. The number of carbonyl (C=O) groups is 1. The van der Waals surface area contributed by atoms with Crippen molar-refractivity contribution in [1.82, 2.24) is 0 Å². The smallest absolute Gasteiger partial charge is 0.308 e. The Kier molecular flexibility index (Phi) is 2.35. The van der Waals surface area contributed by atoms with Gasteiger partial charge in [0.05, 0.1) is 5.92 Å². The highest BCUT2D eigenvalue weighted by Gasteiger charge is 2.40. The highest BCUT2D eigenvalue weighted by molar-refractivity contribution is 5.74. The van der Waals surface area contributed by atoms with E-state index >= 15 is 0 Å². The van der Waals surface area contributed by atoms with Crippen LogP contribution in [0.3, 0.4) is 0 Å². The molecule has 2 unspecified atom stereocenters. The van der Waals surface area contributed by atoms with Gasteiger partial charge in [0.25, 0.3) is 0 Å². The van der Waals surface area contributed by atoms with Gasteiger partial charge in [0.1, 0.15) is 0 Å². The van der Waals surface area contributed by atoms with Gasteiger partial charge in [-0.25, -0.2) is 0 Å². The van der Waals surface area contributed by atoms with Gasteiger partial charge >= 0.3 is 5.97 Å². The van der Waals surface area contributed by atoms with E-state index in [0.29, 0.717) is 0 Å². The Morgan fingerprint density at radius 3 is 3.06 bits per heavy atom. The zero-order valence-electron chi connectivity index (χ0n) is 10.0. The molecule has 0 amide bonds. The van der Waals surface area contributed by atoms with Crippen molar-refractivity contribution in [3.63, 3.8) is 0 Å². The van der Waals surface area contributed by atoms with Gasteiger partial charge in [-0.15, -0.1) is 0 Å². The van der Waals surface area contributed by atoms with Crippen molar-refractivity contribution in [3.8, 4) is 0 Å². The van der Waals surface area contributed by atoms with Crippen molar-refractivity contribution in [3.05, 3.63) is 29.3 Å². The fourth-order valence-electron chi connectivity index (χ4n) is 3.28. The number of carboxylic acids is 1. The molecule has 3 rings (SSSR count). The quantitative estimate of drug-likeness (QED) is 0.805. The highest BCUT2D eigenvalue weighted by Crippen LogP contribution is 2.39. The van der Waals surface area contributed by atoms with E-state index in [1.807, 2.05) is 0 Å². The molecule has 1 N–H and O–H groups in total. The number of hydrogen-bond acceptors (Lipinski definition) is 2. The molecular weight excluding hydrogens is 214 g/mol. The molecule has 3 nitrogen and oxygen atoms in total. The van der Waals surface area contributed by atoms with Crippen LogP contribution in [0.2, 0.25) is 0 Å². The van der Waals surface area contributed by atoms with E-state index in [-0.39, 0.29) is 12.0 Å². The normalized spacial score (nSPS) is 26.5. The van der Waals surface area contributed by atoms with Gasteiger partial charge in [0.15, 0.2) is 0 Å². The number of aliphatic carboxylic acids is 1. The third-order valence-corrected chi connectivity index (χ3v) is 4.07. The first-order chi connectivity index (χ1) is 8.16. The second-order valence-electron chi connectivity index (χ2n) is 5.18. The zero-order chi connectivity index (χ0) is 12.0. The summed E-state index contributed by atoms with van der Waals surface area (Å²) in [5.74, 6) is -0.833. The van der Waals surface area contributed by atoms with Crippen LogP contribution in [-0.2, 0) is 11.2 Å². The van der Waals surface area contributed by atoms with E-state index in [1.165, 1.54) is 16.8 Å². The van der Waals surface area contributed by atoms with Crippen molar-refractivity contribution in [2.75, 3.05) is 11.4 Å². The predicted octanol–water partition coefficient (Wildman–Crippen LogP) is 2.22. The molecule has 1 aromatic rings. The van der Waals surface area contributed by atoms with E-state index in [0.717, 1.165) is 25.8 Å². The molecule has 0 radical (unpaired) electrons. The minimum Gasteiger partial charge on any atom is -0.481 e. The molecule has 2 heterocycles. The van der Waals surface area contributed by atoms with Gasteiger partial charge < -0.3 is 10.0 Å². The second kappa shape index (κ2) is 3.76. The number of hydrogen-bond donors (Lipinski definition) is 1. The number of nitrogens with zero attached hydrogens (tertiary/aromatic N) is 1. The molecule has 90 valence electrons. The Labute approximate surface area is 101 Å². The van der Waals surface area contributed by atoms with E-state index in [4.69, 9.17) is 0 Å². The number of piperidine rings is 1. The molecule has 0 saturated carbocycles. The van der Waals surface area contributed by atoms with Crippen LogP contribution in [0.1, 0.15) is 24.0 Å². The average molecular weight is 231 g/mol. The Balaban J connectivity index is 1.97. The molecule has 0 bridgehead atoms. The lowest BCUT2D eigenvalue weighted by Gasteiger charge is -2.36. The van der Waals surface area contributed by atoms with Crippen LogP contribution in [0.25, 0.3) is 0 Å². The topological polar surface area (TPSA) is 40.5 Å². The first-order valence-corrected chi connectivity index (χ1v) is 6.26. The van der Waals surface area contributed by atoms with Crippen molar-refractivity contribution in [2.45, 2.75) is 32.2 Å². The number of rotatable bonds is 1. The van der Waals surface area contributed by atoms with Crippen LogP contribution in [0.5, 0.6) is 0 Å². The molecule has 2 aliphatic heterocycles. The summed E-state index contributed by atoms with van der Waals surface area (Å²) in [7, 11) is 0. The monoisotopic (exact) mass is 231 g/mol. The molecule has 3 heteroatoms. The molecule has 0 aromatic heterocycles. The lowest BCUT2D eigenvalue weighted by molar-refractivity contribution is -0.143. The van der Waals surface area contributed by atoms with E-state index in [1.54, 1.807) is 0 Å². The SMILES string of the molecule is Cc1ccc2c(c1)CC1C(C(=O)O)CCCN21. The second-order valence-corrected chi connectivity index (χ2v) is 5.18. The number of anilines is 1. The molecule has 1 saturated heterocycles. The van der Waals surface area contributed by atoms with Crippen LogP contribution in [0.15, 0.2) is 18.2 Å². The van der Waals surface area contributed by atoms with Crippen LogP contribution in [0.4, 0.5) is 5.69 Å². The van der Waals surface area contributed by atoms with Crippen LogP contribution >= 0.6 is 0 Å². The van der Waals surface area contributed by atoms with Crippen LogP contribution in [-0.4, -0.2) is 23.7 Å². The van der Waals surface area contributed by atoms with Gasteiger partial charge in [0, 0.05) is 18.3 Å². The Morgan fingerprint density at radius 2 is 2.29 bits per heavy atom. The number of aryl methyl sites for hydroxylation is 1. The summed E-state index contributed by atoms with van der Waals surface area (Å²) in [6.45, 7) is 3.09. The zero-order valence-corrected chi connectivity index (χ0v) is 10.0. The third-order valence-electron chi connectivity index (χ3n) is 4.07. The summed E-state index contributed by atoms with van der Waals surface area (Å²) in [6, 6.07) is 6.64. The largest absolute Gasteiger partial charge is 0.481 e. The van der Waals surface area contributed by atoms with E-state index in [2.05, 4.69) is 30.0 Å². The molecule has 0 aliphatic carbocycles. The fraction of sp³-hybridized carbons (Fsp3) is 0.500. The summed E-state index contributed by atoms with van der Waals surface area (Å²) in [6.07, 6.45) is 2.71. The summed E-state index contributed by atoms with van der Waals surface area (Å²) < 4.78 is 0. The maximum absolute atomic E-state index is 11.3. The van der Waals surface area contributed by atoms with Crippen LogP contribution < -0.4 is 4.90 Å². The summed E-state index contributed by atoms with van der Waals surface area (Å²) >= 11 is 0. The Hall–Kier alpha value is -1.51. The lowest BCUT2D eigenvalue weighted by atomic mass is 9.88. The number of benzene rings is 1. The third kappa shape index (κ3) is 1.61. The predicted molar refractivity (Wildman–Crippen MR) is 66.4 cm³/mol. The van der Waals surface area contributed by atoms with E-state index in [9.17, 15) is 9.90 Å². The van der Waals surface area contributed by atoms with Gasteiger partial charge in [0.2, 0.25) is 0 Å². The lowest BCUT2D eigenvalue weighted by Crippen LogP contribution is -2.46. The maximum atomic E-state index is 11.3. The Bertz CT molecular complexity index is 469. The highest BCUT2D eigenvalue weighted by atomic mass is 16.4. The summed E-state index contributed by atoms with van der Waals surface area (Å²) in [5.41, 5.74) is 3.84. The summed E-state index contributed by atoms with van der Waals surface area (Å²) in [4.78, 5) is 13.6.